The Morgan fingerprint density at radius 2 is 2.09 bits per heavy atom. The lowest BCUT2D eigenvalue weighted by molar-refractivity contribution is -0.158. The molecule has 10 heteroatoms. The lowest BCUT2D eigenvalue weighted by Crippen LogP contribution is -2.47. The predicted octanol–water partition coefficient (Wildman–Crippen LogP) is 3.29. The van der Waals surface area contributed by atoms with Crippen LogP contribution in [0.3, 0.4) is 0 Å². The van der Waals surface area contributed by atoms with Crippen LogP contribution in [0.25, 0.3) is 0 Å². The molecule has 2 saturated carbocycles. The monoisotopic (exact) mass is 491 g/mol. The Kier molecular flexibility index (Phi) is 7.57. The molecule has 2 aliphatic carbocycles. The van der Waals surface area contributed by atoms with Gasteiger partial charge in [-0.15, -0.1) is 11.3 Å². The smallest absolute Gasteiger partial charge is 0.350 e. The molecular weight excluding hydrogens is 458 g/mol. The molecule has 1 aromatic rings. The summed E-state index contributed by atoms with van der Waals surface area (Å²) in [6.07, 6.45) is 8.99. The highest BCUT2D eigenvalue weighted by molar-refractivity contribution is 7.12. The van der Waals surface area contributed by atoms with E-state index >= 15 is 0 Å². The summed E-state index contributed by atoms with van der Waals surface area (Å²) >= 11 is 1.18. The van der Waals surface area contributed by atoms with E-state index in [1.165, 1.54) is 31.3 Å². The van der Waals surface area contributed by atoms with Crippen molar-refractivity contribution in [2.24, 2.45) is 17.3 Å². The quantitative estimate of drug-likeness (QED) is 0.225. The molecule has 0 radical (unpaired) electrons. The number of nitrogens with zero attached hydrogens (tertiary/aromatic N) is 2. The van der Waals surface area contributed by atoms with Gasteiger partial charge in [0.25, 0.3) is 0 Å². The van der Waals surface area contributed by atoms with Crippen LogP contribution in [0.15, 0.2) is 11.4 Å². The van der Waals surface area contributed by atoms with Crippen molar-refractivity contribution in [2.45, 2.75) is 63.8 Å². The molecule has 34 heavy (non-hydrogen) atoms. The second-order valence-corrected chi connectivity index (χ2v) is 10.9. The fourth-order valence-corrected chi connectivity index (χ4v) is 6.23. The van der Waals surface area contributed by atoms with Crippen LogP contribution in [0.4, 0.5) is 5.69 Å². The van der Waals surface area contributed by atoms with Crippen LogP contribution in [-0.4, -0.2) is 65.6 Å². The number of methoxy groups -OCH3 is 1. The van der Waals surface area contributed by atoms with E-state index in [0.29, 0.717) is 47.3 Å². The first kappa shape index (κ1) is 24.7. The zero-order valence-corrected chi connectivity index (χ0v) is 20.3. The van der Waals surface area contributed by atoms with Crippen LogP contribution in [-0.2, 0) is 19.1 Å². The summed E-state index contributed by atoms with van der Waals surface area (Å²) < 4.78 is 4.79. The van der Waals surface area contributed by atoms with Gasteiger partial charge in [-0.2, -0.15) is 0 Å². The van der Waals surface area contributed by atoms with Gasteiger partial charge in [0.05, 0.1) is 25.3 Å². The highest BCUT2D eigenvalue weighted by atomic mass is 32.1. The lowest BCUT2D eigenvalue weighted by atomic mass is 9.93. The summed E-state index contributed by atoms with van der Waals surface area (Å²) in [5.41, 5.74) is 0.350. The third-order valence-electron chi connectivity index (χ3n) is 7.62. The Morgan fingerprint density at radius 3 is 2.74 bits per heavy atom. The summed E-state index contributed by atoms with van der Waals surface area (Å²) in [5.74, 6) is -1.03. The van der Waals surface area contributed by atoms with Crippen LogP contribution >= 0.6 is 11.3 Å². The number of amides is 3. The van der Waals surface area contributed by atoms with Crippen molar-refractivity contribution in [1.29, 1.82) is 0 Å². The van der Waals surface area contributed by atoms with Crippen LogP contribution in [0, 0.1) is 17.3 Å². The lowest BCUT2D eigenvalue weighted by Gasteiger charge is -2.29. The maximum absolute atomic E-state index is 13.7. The molecule has 1 unspecified atom stereocenters. The van der Waals surface area contributed by atoms with Gasteiger partial charge in [0, 0.05) is 6.54 Å². The molecule has 3 aliphatic rings. The first-order valence-electron chi connectivity index (χ1n) is 12.0. The molecule has 9 nitrogen and oxygen atoms in total. The second-order valence-electron chi connectivity index (χ2n) is 9.98. The maximum Gasteiger partial charge on any atom is 0.350 e. The third kappa shape index (κ3) is 5.43. The molecule has 0 bridgehead atoms. The number of likely N-dealkylation sites (tertiary alicyclic amines) is 1. The van der Waals surface area contributed by atoms with Crippen molar-refractivity contribution in [3.05, 3.63) is 16.3 Å². The van der Waals surface area contributed by atoms with Crippen LogP contribution < -0.4 is 5.32 Å². The molecule has 1 aliphatic heterocycles. The largest absolute Gasteiger partial charge is 0.465 e. The molecule has 0 aromatic carbocycles. The molecule has 2 atom stereocenters. The van der Waals surface area contributed by atoms with Gasteiger partial charge in [-0.1, -0.05) is 25.7 Å². The third-order valence-corrected chi connectivity index (χ3v) is 8.52. The molecular formula is C24H33N3O6S. The molecule has 1 spiro atoms. The molecule has 2 N–H and O–H groups in total. The van der Waals surface area contributed by atoms with E-state index < -0.39 is 17.9 Å². The number of thiophene rings is 1. The number of hydrogen-bond donors (Lipinski definition) is 2. The second kappa shape index (κ2) is 10.4. The van der Waals surface area contributed by atoms with Crippen molar-refractivity contribution in [3.63, 3.8) is 0 Å². The summed E-state index contributed by atoms with van der Waals surface area (Å²) in [6, 6.07) is 0.999. The summed E-state index contributed by atoms with van der Waals surface area (Å²) in [4.78, 5) is 52.0. The predicted molar refractivity (Wildman–Crippen MR) is 125 cm³/mol. The molecule has 3 amide bonds. The Hall–Kier alpha value is -2.46. The summed E-state index contributed by atoms with van der Waals surface area (Å²) in [5, 5.41) is 14.9. The van der Waals surface area contributed by atoms with E-state index in [1.54, 1.807) is 16.3 Å². The number of carbonyl (C=O) groups is 4. The van der Waals surface area contributed by atoms with E-state index in [0.717, 1.165) is 32.1 Å². The maximum atomic E-state index is 13.7. The number of anilines is 1. The minimum absolute atomic E-state index is 0.0307. The van der Waals surface area contributed by atoms with E-state index in [-0.39, 0.29) is 23.8 Å². The van der Waals surface area contributed by atoms with Crippen molar-refractivity contribution in [1.82, 2.24) is 9.96 Å². The van der Waals surface area contributed by atoms with E-state index in [9.17, 15) is 24.4 Å². The topological polar surface area (TPSA) is 116 Å². The number of hydrogen-bond acceptors (Lipinski definition) is 7. The van der Waals surface area contributed by atoms with Gasteiger partial charge in [-0.25, -0.2) is 9.86 Å². The zero-order valence-electron chi connectivity index (χ0n) is 19.5. The first-order chi connectivity index (χ1) is 16.4. The van der Waals surface area contributed by atoms with Gasteiger partial charge >= 0.3 is 5.97 Å². The van der Waals surface area contributed by atoms with Gasteiger partial charge in [-0.05, 0) is 54.9 Å². The van der Waals surface area contributed by atoms with E-state index in [1.807, 2.05) is 0 Å². The number of esters is 1. The molecule has 3 fully saturated rings. The van der Waals surface area contributed by atoms with Crippen LogP contribution in [0.1, 0.15) is 67.5 Å². The molecule has 186 valence electrons. The van der Waals surface area contributed by atoms with Gasteiger partial charge in [0.15, 0.2) is 0 Å². The fourth-order valence-electron chi connectivity index (χ4n) is 5.47. The van der Waals surface area contributed by atoms with Crippen LogP contribution in [0.5, 0.6) is 0 Å². The van der Waals surface area contributed by atoms with Gasteiger partial charge < -0.3 is 15.0 Å². The molecule has 1 saturated heterocycles. The van der Waals surface area contributed by atoms with Crippen molar-refractivity contribution < 1.29 is 29.1 Å². The van der Waals surface area contributed by atoms with Gasteiger partial charge in [-0.3, -0.25) is 19.6 Å². The number of carbonyl (C=O) groups excluding carboxylic acids is 4. The standard InChI is InChI=1S/C24H33N3O6S/c1-33-23(31)20-18(8-11-34-20)25-21(29)19-12-24(9-10-24)14-27(19)22(30)17(13-26(32)15-28)7-6-16-4-2-3-5-16/h8,11,15-17,19,32H,2-7,9-10,12-14H2,1H3,(H,25,29)/t17-,19?/m1/s1. The molecule has 2 heterocycles. The summed E-state index contributed by atoms with van der Waals surface area (Å²) in [6.45, 7) is 0.424. The highest BCUT2D eigenvalue weighted by Gasteiger charge is 2.55. The Morgan fingerprint density at radius 1 is 1.35 bits per heavy atom. The average Bonchev–Trinajstić information content (AvgIpc) is 3.23. The fraction of sp³-hybridized carbons (Fsp3) is 0.667. The van der Waals surface area contributed by atoms with Crippen molar-refractivity contribution in [2.75, 3.05) is 25.5 Å². The van der Waals surface area contributed by atoms with Gasteiger partial charge in [0.1, 0.15) is 10.9 Å². The minimum atomic E-state index is -0.655. The van der Waals surface area contributed by atoms with E-state index in [4.69, 9.17) is 4.74 Å². The Balaban J connectivity index is 1.49. The summed E-state index contributed by atoms with van der Waals surface area (Å²) in [7, 11) is 1.29. The first-order valence-corrected chi connectivity index (χ1v) is 12.9. The zero-order chi connectivity index (χ0) is 24.3. The van der Waals surface area contributed by atoms with E-state index in [2.05, 4.69) is 5.32 Å². The number of rotatable bonds is 10. The van der Waals surface area contributed by atoms with Crippen LogP contribution in [0.2, 0.25) is 0 Å². The number of hydroxylamine groups is 2. The van der Waals surface area contributed by atoms with Crippen molar-refractivity contribution >= 4 is 41.2 Å². The minimum Gasteiger partial charge on any atom is -0.465 e. The number of ether oxygens (including phenoxy) is 1. The normalized spacial score (nSPS) is 21.9. The highest BCUT2D eigenvalue weighted by Crippen LogP contribution is 2.55. The number of nitrogens with one attached hydrogen (secondary N) is 1. The van der Waals surface area contributed by atoms with Crippen molar-refractivity contribution in [3.8, 4) is 0 Å². The Labute approximate surface area is 203 Å². The van der Waals surface area contributed by atoms with Gasteiger partial charge in [0.2, 0.25) is 18.2 Å². The SMILES string of the molecule is COC(=O)c1sccc1NC(=O)C1CC2(CC2)CN1C(=O)[C@H](CCC1CCCC1)CN(O)C=O. The average molecular weight is 492 g/mol. The molecule has 1 aromatic heterocycles. The molecule has 4 rings (SSSR count). The Bertz CT molecular complexity index is 924.